The molecule has 0 bridgehead atoms. The van der Waals surface area contributed by atoms with E-state index in [0.717, 1.165) is 0 Å². The number of hydrogen-bond acceptors (Lipinski definition) is 3. The third-order valence-corrected chi connectivity index (χ3v) is 3.67. The maximum atomic E-state index is 12.0. The average Bonchev–Trinajstić information content (AvgIpc) is 2.49. The molecule has 0 amide bonds. The van der Waals surface area contributed by atoms with E-state index in [2.05, 4.69) is 0 Å². The Hall–Kier alpha value is -0.830. The highest BCUT2D eigenvalue weighted by molar-refractivity contribution is 7.90. The molecular formula is C7H10F3NO4S. The Morgan fingerprint density at radius 1 is 1.31 bits per heavy atom. The first-order chi connectivity index (χ1) is 7.15. The largest absolute Gasteiger partial charge is 0.511 e. The van der Waals surface area contributed by atoms with E-state index >= 15 is 0 Å². The van der Waals surface area contributed by atoms with E-state index in [4.69, 9.17) is 5.11 Å². The molecule has 0 aliphatic heterocycles. The van der Waals surface area contributed by atoms with Crippen LogP contribution in [0, 0.1) is 5.92 Å². The Labute approximate surface area is 89.7 Å². The van der Waals surface area contributed by atoms with Crippen molar-refractivity contribution in [2.45, 2.75) is 30.8 Å². The van der Waals surface area contributed by atoms with Crippen molar-refractivity contribution in [3.63, 3.8) is 0 Å². The van der Waals surface area contributed by atoms with Crippen LogP contribution in [0.3, 0.4) is 0 Å². The van der Waals surface area contributed by atoms with Crippen LogP contribution in [0.5, 0.6) is 0 Å². The highest BCUT2D eigenvalue weighted by Gasteiger charge is 2.48. The van der Waals surface area contributed by atoms with Gasteiger partial charge in [0, 0.05) is 6.04 Å². The number of carboxylic acids is 1. The Bertz CT molecular complexity index is 378. The Morgan fingerprint density at radius 3 is 2.31 bits per heavy atom. The summed E-state index contributed by atoms with van der Waals surface area (Å²) in [6.45, 7) is 0. The number of carboxylic acid groups (broad SMARTS) is 1. The molecule has 94 valence electrons. The van der Waals surface area contributed by atoms with Crippen LogP contribution in [-0.2, 0) is 14.8 Å². The van der Waals surface area contributed by atoms with E-state index in [1.165, 1.54) is 4.72 Å². The molecule has 1 aliphatic rings. The SMILES string of the molecule is O=C(O)C1CCCC1NS(=O)(=O)C(F)(F)F. The van der Waals surface area contributed by atoms with E-state index < -0.39 is 33.5 Å². The minimum atomic E-state index is -5.46. The molecule has 16 heavy (non-hydrogen) atoms. The van der Waals surface area contributed by atoms with Crippen LogP contribution in [0.1, 0.15) is 19.3 Å². The zero-order chi connectivity index (χ0) is 12.6. The average molecular weight is 261 g/mol. The van der Waals surface area contributed by atoms with Crippen LogP contribution in [-0.4, -0.2) is 31.0 Å². The summed E-state index contributed by atoms with van der Waals surface area (Å²) in [4.78, 5) is 10.6. The molecule has 2 atom stereocenters. The summed E-state index contributed by atoms with van der Waals surface area (Å²) in [5.41, 5.74) is -5.40. The molecule has 0 aromatic rings. The summed E-state index contributed by atoms with van der Waals surface area (Å²) in [7, 11) is -5.46. The molecule has 0 spiro atoms. The highest BCUT2D eigenvalue weighted by Crippen LogP contribution is 2.29. The quantitative estimate of drug-likeness (QED) is 0.782. The van der Waals surface area contributed by atoms with Gasteiger partial charge in [-0.25, -0.2) is 13.1 Å². The molecule has 2 unspecified atom stereocenters. The van der Waals surface area contributed by atoms with Crippen molar-refractivity contribution in [2.75, 3.05) is 0 Å². The predicted molar refractivity (Wildman–Crippen MR) is 46.9 cm³/mol. The molecule has 5 nitrogen and oxygen atoms in total. The molecule has 0 heterocycles. The van der Waals surface area contributed by atoms with Crippen molar-refractivity contribution in [1.82, 2.24) is 4.72 Å². The van der Waals surface area contributed by atoms with E-state index in [0.29, 0.717) is 6.42 Å². The van der Waals surface area contributed by atoms with Gasteiger partial charge in [0.05, 0.1) is 5.92 Å². The number of alkyl halides is 3. The fraction of sp³-hybridized carbons (Fsp3) is 0.857. The molecule has 1 aliphatic carbocycles. The van der Waals surface area contributed by atoms with Crippen LogP contribution >= 0.6 is 0 Å². The van der Waals surface area contributed by atoms with E-state index in [1.807, 2.05) is 0 Å². The number of halogens is 3. The molecule has 9 heteroatoms. The van der Waals surface area contributed by atoms with Crippen molar-refractivity contribution < 1.29 is 31.5 Å². The van der Waals surface area contributed by atoms with Gasteiger partial charge in [-0.15, -0.1) is 0 Å². The number of carbonyl (C=O) groups is 1. The number of sulfonamides is 1. The van der Waals surface area contributed by atoms with Crippen LogP contribution in [0.25, 0.3) is 0 Å². The van der Waals surface area contributed by atoms with Gasteiger partial charge in [0.15, 0.2) is 0 Å². The normalized spacial score (nSPS) is 26.9. The molecule has 0 saturated heterocycles. The van der Waals surface area contributed by atoms with Crippen LogP contribution in [0.15, 0.2) is 0 Å². The maximum Gasteiger partial charge on any atom is 0.511 e. The second-order valence-corrected chi connectivity index (χ2v) is 5.25. The maximum absolute atomic E-state index is 12.0. The minimum Gasteiger partial charge on any atom is -0.481 e. The zero-order valence-electron chi connectivity index (χ0n) is 7.99. The topological polar surface area (TPSA) is 83.5 Å². The third-order valence-electron chi connectivity index (χ3n) is 2.44. The second-order valence-electron chi connectivity index (χ2n) is 3.55. The standard InChI is InChI=1S/C7H10F3NO4S/c8-7(9,10)16(14,15)11-5-3-1-2-4(5)6(12)13/h4-5,11H,1-3H2,(H,12,13). The van der Waals surface area contributed by atoms with Gasteiger partial charge in [-0.1, -0.05) is 6.42 Å². The summed E-state index contributed by atoms with van der Waals surface area (Å²) in [5.74, 6) is -2.37. The van der Waals surface area contributed by atoms with Gasteiger partial charge in [0.25, 0.3) is 0 Å². The summed E-state index contributed by atoms with van der Waals surface area (Å²) < 4.78 is 58.9. The lowest BCUT2D eigenvalue weighted by Gasteiger charge is -2.18. The fourth-order valence-corrected chi connectivity index (χ4v) is 2.48. The van der Waals surface area contributed by atoms with Crippen molar-refractivity contribution in [1.29, 1.82) is 0 Å². The van der Waals surface area contributed by atoms with E-state index in [1.54, 1.807) is 0 Å². The third kappa shape index (κ3) is 2.64. The first-order valence-electron chi connectivity index (χ1n) is 4.46. The van der Waals surface area contributed by atoms with Crippen LogP contribution in [0.2, 0.25) is 0 Å². The van der Waals surface area contributed by atoms with Gasteiger partial charge in [-0.2, -0.15) is 13.2 Å². The lowest BCUT2D eigenvalue weighted by Crippen LogP contribution is -2.45. The van der Waals surface area contributed by atoms with E-state index in [9.17, 15) is 26.4 Å². The van der Waals surface area contributed by atoms with Crippen molar-refractivity contribution in [3.05, 3.63) is 0 Å². The first kappa shape index (κ1) is 13.2. The Kier molecular flexibility index (Phi) is 3.48. The monoisotopic (exact) mass is 261 g/mol. The van der Waals surface area contributed by atoms with Gasteiger partial charge in [-0.05, 0) is 12.8 Å². The van der Waals surface area contributed by atoms with Crippen molar-refractivity contribution >= 4 is 16.0 Å². The van der Waals surface area contributed by atoms with Crippen LogP contribution in [0.4, 0.5) is 13.2 Å². The van der Waals surface area contributed by atoms with Crippen LogP contribution < -0.4 is 4.72 Å². The molecule has 1 saturated carbocycles. The fourth-order valence-electron chi connectivity index (χ4n) is 1.66. The molecule has 0 radical (unpaired) electrons. The van der Waals surface area contributed by atoms with Gasteiger partial charge >= 0.3 is 21.5 Å². The van der Waals surface area contributed by atoms with Gasteiger partial charge in [0.2, 0.25) is 0 Å². The number of hydrogen-bond donors (Lipinski definition) is 2. The Balaban J connectivity index is 2.79. The second kappa shape index (κ2) is 4.21. The summed E-state index contributed by atoms with van der Waals surface area (Å²) in [6.07, 6.45) is 0.675. The molecular weight excluding hydrogens is 251 g/mol. The molecule has 0 aromatic carbocycles. The highest BCUT2D eigenvalue weighted by atomic mass is 32.2. The molecule has 0 aromatic heterocycles. The summed E-state index contributed by atoms with van der Waals surface area (Å²) >= 11 is 0. The predicted octanol–water partition coefficient (Wildman–Crippen LogP) is 0.679. The number of aliphatic carboxylic acids is 1. The van der Waals surface area contributed by atoms with E-state index in [-0.39, 0.29) is 12.8 Å². The Morgan fingerprint density at radius 2 is 1.88 bits per heavy atom. The molecule has 1 rings (SSSR count). The van der Waals surface area contributed by atoms with Gasteiger partial charge < -0.3 is 5.11 Å². The van der Waals surface area contributed by atoms with Crippen molar-refractivity contribution in [2.24, 2.45) is 5.92 Å². The molecule has 1 fully saturated rings. The number of rotatable bonds is 3. The van der Waals surface area contributed by atoms with Crippen molar-refractivity contribution in [3.8, 4) is 0 Å². The lowest BCUT2D eigenvalue weighted by molar-refractivity contribution is -0.142. The van der Waals surface area contributed by atoms with Gasteiger partial charge in [-0.3, -0.25) is 4.79 Å². The minimum absolute atomic E-state index is 0.103. The lowest BCUT2D eigenvalue weighted by atomic mass is 10.1. The molecule has 2 N–H and O–H groups in total. The summed E-state index contributed by atoms with van der Waals surface area (Å²) in [5, 5.41) is 8.67. The van der Waals surface area contributed by atoms with Gasteiger partial charge in [0.1, 0.15) is 0 Å². The number of nitrogens with one attached hydrogen (secondary N) is 1. The summed E-state index contributed by atoms with van der Waals surface area (Å²) in [6, 6.07) is -1.18. The first-order valence-corrected chi connectivity index (χ1v) is 5.95. The zero-order valence-corrected chi connectivity index (χ0v) is 8.81. The smallest absolute Gasteiger partial charge is 0.481 e.